The molecule has 110 valence electrons. The minimum atomic E-state index is -0.195. The van der Waals surface area contributed by atoms with E-state index in [0.717, 1.165) is 25.0 Å². The van der Waals surface area contributed by atoms with Crippen LogP contribution in [0.2, 0.25) is 0 Å². The number of aliphatic hydroxyl groups excluding tert-OH is 1. The molecule has 0 heterocycles. The van der Waals surface area contributed by atoms with Gasteiger partial charge in [0.25, 0.3) is 0 Å². The molecular weight excluding hydrogens is 248 g/mol. The zero-order valence-corrected chi connectivity index (χ0v) is 12.3. The number of hydrogen-bond acceptors (Lipinski definition) is 2. The van der Waals surface area contributed by atoms with E-state index in [4.69, 9.17) is 4.74 Å². The lowest BCUT2D eigenvalue weighted by atomic mass is 9.81. The molecule has 0 bridgehead atoms. The number of rotatable bonds is 3. The Kier molecular flexibility index (Phi) is 4.62. The van der Waals surface area contributed by atoms with Crippen molar-refractivity contribution in [1.82, 2.24) is 0 Å². The summed E-state index contributed by atoms with van der Waals surface area (Å²) in [5.74, 6) is 1.29. The fraction of sp³-hybridized carbons (Fsp3) is 0.667. The molecule has 0 spiro atoms. The summed E-state index contributed by atoms with van der Waals surface area (Å²) in [6.45, 7) is 0. The first-order valence-electron chi connectivity index (χ1n) is 8.28. The minimum absolute atomic E-state index is 0.195. The summed E-state index contributed by atoms with van der Waals surface area (Å²) >= 11 is 0. The van der Waals surface area contributed by atoms with Crippen LogP contribution >= 0.6 is 0 Å². The van der Waals surface area contributed by atoms with Crippen molar-refractivity contribution < 1.29 is 9.84 Å². The van der Waals surface area contributed by atoms with Gasteiger partial charge in [-0.3, -0.25) is 0 Å². The molecule has 20 heavy (non-hydrogen) atoms. The van der Waals surface area contributed by atoms with Crippen LogP contribution in [0.1, 0.15) is 69.3 Å². The van der Waals surface area contributed by atoms with Gasteiger partial charge in [-0.1, -0.05) is 37.5 Å². The Hall–Kier alpha value is -1.02. The van der Waals surface area contributed by atoms with Crippen LogP contribution in [0.3, 0.4) is 0 Å². The molecule has 2 heteroatoms. The van der Waals surface area contributed by atoms with Crippen LogP contribution in [0.15, 0.2) is 24.3 Å². The average Bonchev–Trinajstić information content (AvgIpc) is 2.50. The predicted molar refractivity (Wildman–Crippen MR) is 81.2 cm³/mol. The van der Waals surface area contributed by atoms with Crippen molar-refractivity contribution in [3.63, 3.8) is 0 Å². The smallest absolute Gasteiger partial charge is 0.123 e. The summed E-state index contributed by atoms with van der Waals surface area (Å²) in [6, 6.07) is 8.36. The molecule has 1 aromatic carbocycles. The van der Waals surface area contributed by atoms with Gasteiger partial charge in [0, 0.05) is 5.92 Å². The van der Waals surface area contributed by atoms with Gasteiger partial charge >= 0.3 is 0 Å². The van der Waals surface area contributed by atoms with E-state index in [1.54, 1.807) is 0 Å². The molecule has 2 nitrogen and oxygen atoms in total. The highest BCUT2D eigenvalue weighted by atomic mass is 16.5. The lowest BCUT2D eigenvalue weighted by molar-refractivity contribution is 0.101. The standard InChI is InChI=1S/C18H26O2/c19-17-12-6-4-10-15(17)16-11-5-7-13-18(16)20-14-8-2-1-3-9-14/h5,7,11,13-15,17,19H,1-4,6,8-10,12H2/t15-,17+/m0/s1. The summed E-state index contributed by atoms with van der Waals surface area (Å²) in [5.41, 5.74) is 1.23. The van der Waals surface area contributed by atoms with E-state index in [2.05, 4.69) is 24.3 Å². The van der Waals surface area contributed by atoms with Gasteiger partial charge in [0.15, 0.2) is 0 Å². The molecule has 0 aliphatic heterocycles. The fourth-order valence-corrected chi connectivity index (χ4v) is 3.73. The van der Waals surface area contributed by atoms with Crippen molar-refractivity contribution in [3.05, 3.63) is 29.8 Å². The molecule has 1 N–H and O–H groups in total. The van der Waals surface area contributed by atoms with Crippen molar-refractivity contribution in [1.29, 1.82) is 0 Å². The highest BCUT2D eigenvalue weighted by Crippen LogP contribution is 2.38. The topological polar surface area (TPSA) is 29.5 Å². The number of benzene rings is 1. The third-order valence-electron chi connectivity index (χ3n) is 4.89. The number of hydrogen-bond donors (Lipinski definition) is 1. The first kappa shape index (κ1) is 13.9. The largest absolute Gasteiger partial charge is 0.490 e. The lowest BCUT2D eigenvalue weighted by Gasteiger charge is -2.31. The molecular formula is C18H26O2. The van der Waals surface area contributed by atoms with Crippen LogP contribution in [0, 0.1) is 0 Å². The highest BCUT2D eigenvalue weighted by molar-refractivity contribution is 5.37. The Balaban J connectivity index is 1.76. The number of ether oxygens (including phenoxy) is 1. The van der Waals surface area contributed by atoms with Crippen LogP contribution in [0.25, 0.3) is 0 Å². The molecule has 2 fully saturated rings. The Labute approximate surface area is 122 Å². The van der Waals surface area contributed by atoms with Gasteiger partial charge in [0.1, 0.15) is 5.75 Å². The maximum Gasteiger partial charge on any atom is 0.123 e. The van der Waals surface area contributed by atoms with E-state index in [1.807, 2.05) is 0 Å². The minimum Gasteiger partial charge on any atom is -0.490 e. The summed E-state index contributed by atoms with van der Waals surface area (Å²) in [5, 5.41) is 10.3. The van der Waals surface area contributed by atoms with E-state index in [9.17, 15) is 5.11 Å². The van der Waals surface area contributed by atoms with Crippen molar-refractivity contribution in [2.24, 2.45) is 0 Å². The van der Waals surface area contributed by atoms with Gasteiger partial charge in [0.2, 0.25) is 0 Å². The second-order valence-corrected chi connectivity index (χ2v) is 6.37. The molecule has 0 amide bonds. The Morgan fingerprint density at radius 2 is 1.55 bits per heavy atom. The molecule has 3 rings (SSSR count). The van der Waals surface area contributed by atoms with Gasteiger partial charge in [0.05, 0.1) is 12.2 Å². The third-order valence-corrected chi connectivity index (χ3v) is 4.89. The number of aliphatic hydroxyl groups is 1. The molecule has 0 saturated heterocycles. The van der Waals surface area contributed by atoms with E-state index < -0.39 is 0 Å². The van der Waals surface area contributed by atoms with Crippen LogP contribution in [-0.4, -0.2) is 17.3 Å². The Morgan fingerprint density at radius 1 is 0.850 bits per heavy atom. The predicted octanol–water partition coefficient (Wildman–Crippen LogP) is 4.42. The fourth-order valence-electron chi connectivity index (χ4n) is 3.73. The highest BCUT2D eigenvalue weighted by Gasteiger charge is 2.27. The zero-order valence-electron chi connectivity index (χ0n) is 12.3. The van der Waals surface area contributed by atoms with Crippen molar-refractivity contribution in [2.75, 3.05) is 0 Å². The molecule has 0 radical (unpaired) electrons. The second-order valence-electron chi connectivity index (χ2n) is 6.37. The van der Waals surface area contributed by atoms with Gasteiger partial charge < -0.3 is 9.84 Å². The van der Waals surface area contributed by atoms with Crippen molar-refractivity contribution in [3.8, 4) is 5.75 Å². The Morgan fingerprint density at radius 3 is 2.35 bits per heavy atom. The summed E-state index contributed by atoms with van der Waals surface area (Å²) in [7, 11) is 0. The second kappa shape index (κ2) is 6.62. The molecule has 2 atom stereocenters. The van der Waals surface area contributed by atoms with Crippen molar-refractivity contribution in [2.45, 2.75) is 75.9 Å². The summed E-state index contributed by atoms with van der Waals surface area (Å²) in [6.07, 6.45) is 10.9. The molecule has 0 unspecified atom stereocenters. The maximum atomic E-state index is 10.3. The lowest BCUT2D eigenvalue weighted by Crippen LogP contribution is -2.25. The van der Waals surface area contributed by atoms with Crippen LogP contribution in [-0.2, 0) is 0 Å². The van der Waals surface area contributed by atoms with Crippen LogP contribution < -0.4 is 4.74 Å². The van der Waals surface area contributed by atoms with Gasteiger partial charge in [-0.05, 0) is 50.2 Å². The van der Waals surface area contributed by atoms with E-state index in [0.29, 0.717) is 6.10 Å². The molecule has 0 aromatic heterocycles. The zero-order chi connectivity index (χ0) is 13.8. The Bertz CT molecular complexity index is 423. The summed E-state index contributed by atoms with van der Waals surface area (Å²) < 4.78 is 6.28. The van der Waals surface area contributed by atoms with Gasteiger partial charge in [-0.25, -0.2) is 0 Å². The van der Waals surface area contributed by atoms with E-state index in [-0.39, 0.29) is 12.0 Å². The van der Waals surface area contributed by atoms with Crippen molar-refractivity contribution >= 4 is 0 Å². The first-order chi connectivity index (χ1) is 9.84. The first-order valence-corrected chi connectivity index (χ1v) is 8.28. The average molecular weight is 274 g/mol. The molecule has 2 aliphatic carbocycles. The SMILES string of the molecule is O[C@@H]1CCCC[C@H]1c1ccccc1OC1CCCCC1. The van der Waals surface area contributed by atoms with E-state index >= 15 is 0 Å². The number of para-hydroxylation sites is 1. The normalized spacial score (nSPS) is 28.2. The van der Waals surface area contributed by atoms with Crippen LogP contribution in [0.5, 0.6) is 5.75 Å². The molecule has 1 aromatic rings. The molecule has 2 saturated carbocycles. The maximum absolute atomic E-state index is 10.3. The monoisotopic (exact) mass is 274 g/mol. The molecule has 2 aliphatic rings. The van der Waals surface area contributed by atoms with Crippen LogP contribution in [0.4, 0.5) is 0 Å². The summed E-state index contributed by atoms with van der Waals surface area (Å²) in [4.78, 5) is 0. The van der Waals surface area contributed by atoms with Gasteiger partial charge in [-0.2, -0.15) is 0 Å². The van der Waals surface area contributed by atoms with Gasteiger partial charge in [-0.15, -0.1) is 0 Å². The third kappa shape index (κ3) is 3.17. The quantitative estimate of drug-likeness (QED) is 0.884. The van der Waals surface area contributed by atoms with E-state index in [1.165, 1.54) is 44.1 Å².